The largest absolute Gasteiger partial charge is 0.364 e. The van der Waals surface area contributed by atoms with E-state index in [1.165, 1.54) is 18.4 Å². The van der Waals surface area contributed by atoms with Crippen LogP contribution in [-0.4, -0.2) is 83.9 Å². The second-order valence-electron chi connectivity index (χ2n) is 12.1. The van der Waals surface area contributed by atoms with Gasteiger partial charge in [0, 0.05) is 39.0 Å². The lowest BCUT2D eigenvalue weighted by Gasteiger charge is -2.34. The highest BCUT2D eigenvalue weighted by atomic mass is 19.1. The van der Waals surface area contributed by atoms with Gasteiger partial charge in [0.25, 0.3) is 5.91 Å². The molecule has 11 nitrogen and oxygen atoms in total. The number of rotatable bonds is 11. The number of hydrogen-bond donors (Lipinski definition) is 3. The van der Waals surface area contributed by atoms with Gasteiger partial charge in [-0.1, -0.05) is 44.8 Å². The second-order valence-corrected chi connectivity index (χ2v) is 12.1. The number of aryl methyl sites for hydroxylation is 1. The molecule has 0 spiro atoms. The van der Waals surface area contributed by atoms with E-state index >= 15 is 4.39 Å². The predicted molar refractivity (Wildman–Crippen MR) is 163 cm³/mol. The van der Waals surface area contributed by atoms with Gasteiger partial charge in [-0.3, -0.25) is 19.2 Å². The number of carbonyl (C=O) groups is 4. The van der Waals surface area contributed by atoms with E-state index in [4.69, 9.17) is 4.52 Å². The van der Waals surface area contributed by atoms with Crippen molar-refractivity contribution in [3.05, 3.63) is 47.1 Å². The van der Waals surface area contributed by atoms with Crippen LogP contribution in [0.5, 0.6) is 0 Å². The monoisotopic (exact) mass is 612 g/mol. The summed E-state index contributed by atoms with van der Waals surface area (Å²) in [4.78, 5) is 56.1. The molecule has 1 aliphatic heterocycles. The van der Waals surface area contributed by atoms with E-state index < -0.39 is 29.7 Å². The molecule has 1 saturated carbocycles. The normalized spacial score (nSPS) is 20.4. The SMILES string of the molecule is CCC(=O)N[C@H](Cc1ccc(NC(=O)[C@@H](NC(=O)c2conc2CC)C2CCC(C)CC2)c(F)c1)C(=O)N1CCN(C)CC1. The van der Waals surface area contributed by atoms with Crippen molar-refractivity contribution in [3.63, 3.8) is 0 Å². The van der Waals surface area contributed by atoms with E-state index in [1.54, 1.807) is 17.9 Å². The molecule has 1 aromatic heterocycles. The number of benzene rings is 1. The summed E-state index contributed by atoms with van der Waals surface area (Å²) in [6.45, 7) is 8.33. The maximum absolute atomic E-state index is 15.4. The number of hydrogen-bond acceptors (Lipinski definition) is 7. The zero-order chi connectivity index (χ0) is 31.8. The van der Waals surface area contributed by atoms with Crippen LogP contribution in [0, 0.1) is 17.7 Å². The minimum absolute atomic E-state index is 0.0269. The first-order chi connectivity index (χ1) is 21.1. The molecule has 2 fully saturated rings. The van der Waals surface area contributed by atoms with Crippen LogP contribution < -0.4 is 16.0 Å². The van der Waals surface area contributed by atoms with Crippen LogP contribution in [0.25, 0.3) is 0 Å². The zero-order valence-electron chi connectivity index (χ0n) is 26.2. The molecule has 2 aromatic rings. The molecule has 2 heterocycles. The van der Waals surface area contributed by atoms with Crippen LogP contribution in [0.4, 0.5) is 10.1 Å². The van der Waals surface area contributed by atoms with Gasteiger partial charge in [0.2, 0.25) is 17.7 Å². The lowest BCUT2D eigenvalue weighted by atomic mass is 9.79. The average molecular weight is 613 g/mol. The molecule has 1 saturated heterocycles. The summed E-state index contributed by atoms with van der Waals surface area (Å²) in [5.74, 6) is -1.65. The van der Waals surface area contributed by atoms with Crippen LogP contribution >= 0.6 is 0 Å². The molecular weight excluding hydrogens is 567 g/mol. The summed E-state index contributed by atoms with van der Waals surface area (Å²) in [5.41, 5.74) is 1.26. The lowest BCUT2D eigenvalue weighted by Crippen LogP contribution is -2.54. The highest BCUT2D eigenvalue weighted by Gasteiger charge is 2.34. The fraction of sp³-hybridized carbons (Fsp3) is 0.594. The molecule has 1 aliphatic carbocycles. The summed E-state index contributed by atoms with van der Waals surface area (Å²) in [5, 5.41) is 12.2. The summed E-state index contributed by atoms with van der Waals surface area (Å²) >= 11 is 0. The van der Waals surface area contributed by atoms with Crippen molar-refractivity contribution in [2.24, 2.45) is 11.8 Å². The summed E-state index contributed by atoms with van der Waals surface area (Å²) in [6, 6.07) is 2.67. The van der Waals surface area contributed by atoms with E-state index in [-0.39, 0.29) is 41.8 Å². The second kappa shape index (κ2) is 15.3. The molecule has 2 aliphatic rings. The summed E-state index contributed by atoms with van der Waals surface area (Å²) < 4.78 is 20.4. The van der Waals surface area contributed by atoms with Crippen molar-refractivity contribution in [3.8, 4) is 0 Å². The number of nitrogens with zero attached hydrogens (tertiary/aromatic N) is 3. The van der Waals surface area contributed by atoms with Gasteiger partial charge >= 0.3 is 0 Å². The van der Waals surface area contributed by atoms with Gasteiger partial charge in [-0.05, 0) is 55.8 Å². The van der Waals surface area contributed by atoms with E-state index in [2.05, 4.69) is 32.9 Å². The Labute approximate surface area is 258 Å². The van der Waals surface area contributed by atoms with Gasteiger partial charge in [0.05, 0.1) is 11.4 Å². The average Bonchev–Trinajstić information content (AvgIpc) is 3.50. The molecule has 1 aromatic carbocycles. The Morgan fingerprint density at radius 1 is 1.05 bits per heavy atom. The Morgan fingerprint density at radius 2 is 1.75 bits per heavy atom. The summed E-state index contributed by atoms with van der Waals surface area (Å²) in [6.07, 6.45) is 5.50. The zero-order valence-corrected chi connectivity index (χ0v) is 26.2. The highest BCUT2D eigenvalue weighted by molar-refractivity contribution is 6.01. The molecular formula is C32H45FN6O5. The number of halogens is 1. The number of amides is 4. The van der Waals surface area contributed by atoms with Gasteiger partial charge in [-0.25, -0.2) is 4.39 Å². The van der Waals surface area contributed by atoms with E-state index in [9.17, 15) is 19.2 Å². The first-order valence-corrected chi connectivity index (χ1v) is 15.7. The van der Waals surface area contributed by atoms with Crippen LogP contribution in [0.2, 0.25) is 0 Å². The van der Waals surface area contributed by atoms with E-state index in [0.717, 1.165) is 38.8 Å². The third kappa shape index (κ3) is 8.43. The molecule has 44 heavy (non-hydrogen) atoms. The Kier molecular flexibility index (Phi) is 11.5. The minimum atomic E-state index is -0.872. The first-order valence-electron chi connectivity index (χ1n) is 15.7. The first kappa shape index (κ1) is 33.1. The Balaban J connectivity index is 1.48. The van der Waals surface area contributed by atoms with Crippen LogP contribution in [0.1, 0.15) is 74.5 Å². The minimum Gasteiger partial charge on any atom is -0.364 e. The number of aromatic nitrogens is 1. The number of nitrogens with one attached hydrogen (secondary N) is 3. The van der Waals surface area contributed by atoms with Crippen molar-refractivity contribution < 1.29 is 28.1 Å². The fourth-order valence-electron chi connectivity index (χ4n) is 5.91. The van der Waals surface area contributed by atoms with E-state index in [1.807, 2.05) is 14.0 Å². The van der Waals surface area contributed by atoms with Gasteiger partial charge in [-0.2, -0.15) is 0 Å². The Bertz CT molecular complexity index is 1320. The molecule has 240 valence electrons. The van der Waals surface area contributed by atoms with Crippen molar-refractivity contribution in [2.45, 2.75) is 77.8 Å². The topological polar surface area (TPSA) is 137 Å². The molecule has 0 radical (unpaired) electrons. The van der Waals surface area contributed by atoms with Gasteiger partial charge < -0.3 is 30.3 Å². The van der Waals surface area contributed by atoms with Crippen molar-refractivity contribution in [1.82, 2.24) is 25.6 Å². The van der Waals surface area contributed by atoms with Crippen LogP contribution in [0.15, 0.2) is 29.0 Å². The highest BCUT2D eigenvalue weighted by Crippen LogP contribution is 2.31. The van der Waals surface area contributed by atoms with Gasteiger partial charge in [0.15, 0.2) is 0 Å². The van der Waals surface area contributed by atoms with Crippen molar-refractivity contribution >= 4 is 29.3 Å². The number of likely N-dealkylation sites (N-methyl/N-ethyl adjacent to an activating group) is 1. The predicted octanol–water partition coefficient (Wildman–Crippen LogP) is 3.15. The molecule has 4 rings (SSSR count). The third-order valence-corrected chi connectivity index (χ3v) is 8.83. The standard InChI is InChI=1S/C32H45FN6O5/c1-5-25-23(19-44-37-25)30(41)36-29(22-10-7-20(3)8-11-22)31(42)35-26-12-9-21(17-24(26)33)18-27(34-28(40)6-2)32(43)39-15-13-38(4)14-16-39/h9,12,17,19-20,22,27,29H,5-8,10-11,13-16,18H2,1-4H3,(H,34,40)(H,35,42)(H,36,41)/t20?,22?,27-,29+/m1/s1. The number of carbonyl (C=O) groups excluding carboxylic acids is 4. The van der Waals surface area contributed by atoms with Crippen LogP contribution in [-0.2, 0) is 27.2 Å². The molecule has 3 N–H and O–H groups in total. The van der Waals surface area contributed by atoms with E-state index in [0.29, 0.717) is 36.7 Å². The quantitative estimate of drug-likeness (QED) is 0.355. The molecule has 0 bridgehead atoms. The maximum Gasteiger partial charge on any atom is 0.257 e. The lowest BCUT2D eigenvalue weighted by molar-refractivity contribution is -0.137. The van der Waals surface area contributed by atoms with Crippen molar-refractivity contribution in [2.75, 3.05) is 38.5 Å². The number of anilines is 1. The third-order valence-electron chi connectivity index (χ3n) is 8.83. The molecule has 4 amide bonds. The smallest absolute Gasteiger partial charge is 0.257 e. The van der Waals surface area contributed by atoms with Gasteiger partial charge in [-0.15, -0.1) is 0 Å². The Morgan fingerprint density at radius 3 is 2.39 bits per heavy atom. The molecule has 2 atom stereocenters. The Hall–Kier alpha value is -3.80. The molecule has 12 heteroatoms. The fourth-order valence-corrected chi connectivity index (χ4v) is 5.91. The van der Waals surface area contributed by atoms with Crippen LogP contribution in [0.3, 0.4) is 0 Å². The maximum atomic E-state index is 15.4. The summed E-state index contributed by atoms with van der Waals surface area (Å²) in [7, 11) is 1.99. The van der Waals surface area contributed by atoms with Gasteiger partial charge in [0.1, 0.15) is 29.7 Å². The number of piperazine rings is 1. The van der Waals surface area contributed by atoms with Crippen molar-refractivity contribution in [1.29, 1.82) is 0 Å². The molecule has 0 unspecified atom stereocenters.